The van der Waals surface area contributed by atoms with Crippen molar-refractivity contribution in [3.63, 3.8) is 0 Å². The van der Waals surface area contributed by atoms with Gasteiger partial charge in [-0.25, -0.2) is 0 Å². The van der Waals surface area contributed by atoms with Crippen LogP contribution in [-0.2, 0) is 0 Å². The number of aromatic nitrogens is 1. The zero-order valence-corrected chi connectivity index (χ0v) is 9.49. The van der Waals surface area contributed by atoms with Crippen molar-refractivity contribution in [1.29, 1.82) is 0 Å². The quantitative estimate of drug-likeness (QED) is 0.508. The highest BCUT2D eigenvalue weighted by atomic mass is 14.6. The van der Waals surface area contributed by atoms with Gasteiger partial charge in [0.2, 0.25) is 0 Å². The predicted octanol–water partition coefficient (Wildman–Crippen LogP) is 4.00. The second-order valence-electron chi connectivity index (χ2n) is 4.22. The average Bonchev–Trinajstić information content (AvgIpc) is 2.36. The third kappa shape index (κ3) is 1.15. The first kappa shape index (κ1) is 9.34. The van der Waals surface area contributed by atoms with Crippen molar-refractivity contribution in [3.05, 3.63) is 53.9 Å². The molecule has 1 aromatic heterocycles. The third-order valence-corrected chi connectivity index (χ3v) is 3.41. The molecule has 0 aliphatic heterocycles. The van der Waals surface area contributed by atoms with E-state index in [1.54, 1.807) is 0 Å². The molecule has 0 spiro atoms. The minimum absolute atomic E-state index is 1.26. The van der Waals surface area contributed by atoms with Gasteiger partial charge >= 0.3 is 0 Å². The van der Waals surface area contributed by atoms with Gasteiger partial charge in [-0.05, 0) is 47.2 Å². The molecule has 0 unspecified atom stereocenters. The van der Waals surface area contributed by atoms with Crippen LogP contribution in [0.4, 0.5) is 0 Å². The van der Waals surface area contributed by atoms with Gasteiger partial charge in [-0.3, -0.25) is 4.98 Å². The highest BCUT2D eigenvalue weighted by Crippen LogP contribution is 2.30. The molecule has 0 bridgehead atoms. The van der Waals surface area contributed by atoms with E-state index in [0.717, 1.165) is 0 Å². The molecule has 0 N–H and O–H groups in total. The van der Waals surface area contributed by atoms with Crippen LogP contribution < -0.4 is 0 Å². The molecular formula is C15H13N. The smallest absolute Gasteiger partial charge is 0.0349 e. The van der Waals surface area contributed by atoms with Crippen molar-refractivity contribution in [2.45, 2.75) is 13.8 Å². The lowest BCUT2D eigenvalue weighted by Gasteiger charge is -2.10. The molecule has 0 fully saturated rings. The van der Waals surface area contributed by atoms with Crippen molar-refractivity contribution in [2.24, 2.45) is 0 Å². The topological polar surface area (TPSA) is 12.9 Å². The van der Waals surface area contributed by atoms with Crippen LogP contribution >= 0.6 is 0 Å². The molecule has 3 aromatic rings. The maximum absolute atomic E-state index is 4.22. The van der Waals surface area contributed by atoms with Gasteiger partial charge in [0, 0.05) is 17.8 Å². The van der Waals surface area contributed by atoms with E-state index in [1.165, 1.54) is 32.7 Å². The highest BCUT2D eigenvalue weighted by molar-refractivity contribution is 6.10. The highest BCUT2D eigenvalue weighted by Gasteiger charge is 2.07. The van der Waals surface area contributed by atoms with Crippen LogP contribution in [0.2, 0.25) is 0 Å². The summed E-state index contributed by atoms with van der Waals surface area (Å²) in [6.45, 7) is 4.36. The lowest BCUT2D eigenvalue weighted by atomic mass is 9.94. The largest absolute Gasteiger partial charge is 0.264 e. The SMILES string of the molecule is Cc1c(C)c2cnccc2c2ccccc12. The van der Waals surface area contributed by atoms with E-state index < -0.39 is 0 Å². The minimum Gasteiger partial charge on any atom is -0.264 e. The predicted molar refractivity (Wildman–Crippen MR) is 68.7 cm³/mol. The molecule has 0 amide bonds. The lowest BCUT2D eigenvalue weighted by molar-refractivity contribution is 1.34. The second-order valence-corrected chi connectivity index (χ2v) is 4.22. The number of pyridine rings is 1. The number of rotatable bonds is 0. The van der Waals surface area contributed by atoms with Gasteiger partial charge in [0.1, 0.15) is 0 Å². The molecule has 1 heterocycles. The van der Waals surface area contributed by atoms with Crippen LogP contribution in [0.15, 0.2) is 42.7 Å². The molecule has 0 saturated heterocycles. The monoisotopic (exact) mass is 207 g/mol. The number of benzene rings is 2. The molecule has 0 atom stereocenters. The molecule has 0 radical (unpaired) electrons. The summed E-state index contributed by atoms with van der Waals surface area (Å²) in [5.74, 6) is 0. The maximum Gasteiger partial charge on any atom is 0.0349 e. The fraction of sp³-hybridized carbons (Fsp3) is 0.133. The number of fused-ring (bicyclic) bond motifs is 3. The van der Waals surface area contributed by atoms with Crippen molar-refractivity contribution >= 4 is 21.5 Å². The first-order chi connectivity index (χ1) is 7.79. The van der Waals surface area contributed by atoms with Gasteiger partial charge in [0.05, 0.1) is 0 Å². The van der Waals surface area contributed by atoms with Crippen LogP contribution in [0.25, 0.3) is 21.5 Å². The summed E-state index contributed by atoms with van der Waals surface area (Å²) in [7, 11) is 0. The van der Waals surface area contributed by atoms with E-state index in [9.17, 15) is 0 Å². The van der Waals surface area contributed by atoms with Crippen LogP contribution in [0.3, 0.4) is 0 Å². The molecule has 1 heteroatoms. The van der Waals surface area contributed by atoms with Crippen LogP contribution in [0.5, 0.6) is 0 Å². The fourth-order valence-electron chi connectivity index (χ4n) is 2.38. The third-order valence-electron chi connectivity index (χ3n) is 3.41. The van der Waals surface area contributed by atoms with Gasteiger partial charge in [-0.15, -0.1) is 0 Å². The normalized spacial score (nSPS) is 11.1. The zero-order valence-electron chi connectivity index (χ0n) is 9.49. The zero-order chi connectivity index (χ0) is 11.1. The first-order valence-electron chi connectivity index (χ1n) is 5.50. The van der Waals surface area contributed by atoms with E-state index in [0.29, 0.717) is 0 Å². The number of hydrogen-bond acceptors (Lipinski definition) is 1. The summed E-state index contributed by atoms with van der Waals surface area (Å²) in [5.41, 5.74) is 2.69. The van der Waals surface area contributed by atoms with Gasteiger partial charge < -0.3 is 0 Å². The molecule has 3 rings (SSSR count). The summed E-state index contributed by atoms with van der Waals surface area (Å²) in [5, 5.41) is 5.23. The van der Waals surface area contributed by atoms with Crippen LogP contribution in [0.1, 0.15) is 11.1 Å². The van der Waals surface area contributed by atoms with E-state index in [4.69, 9.17) is 0 Å². The van der Waals surface area contributed by atoms with Gasteiger partial charge in [0.25, 0.3) is 0 Å². The first-order valence-corrected chi connectivity index (χ1v) is 5.50. The van der Waals surface area contributed by atoms with E-state index in [2.05, 4.69) is 49.2 Å². The van der Waals surface area contributed by atoms with E-state index in [-0.39, 0.29) is 0 Å². The molecule has 1 nitrogen and oxygen atoms in total. The summed E-state index contributed by atoms with van der Waals surface area (Å²) < 4.78 is 0. The summed E-state index contributed by atoms with van der Waals surface area (Å²) in [4.78, 5) is 4.22. The second kappa shape index (κ2) is 3.31. The Morgan fingerprint density at radius 3 is 2.19 bits per heavy atom. The van der Waals surface area contributed by atoms with Gasteiger partial charge in [0.15, 0.2) is 0 Å². The molecule has 0 aliphatic carbocycles. The Labute approximate surface area is 94.7 Å². The molecular weight excluding hydrogens is 194 g/mol. The Bertz CT molecular complexity index is 623. The van der Waals surface area contributed by atoms with Gasteiger partial charge in [-0.2, -0.15) is 0 Å². The van der Waals surface area contributed by atoms with Crippen LogP contribution in [-0.4, -0.2) is 4.98 Å². The molecule has 78 valence electrons. The molecule has 0 aliphatic rings. The Morgan fingerprint density at radius 1 is 0.750 bits per heavy atom. The number of aryl methyl sites for hydroxylation is 2. The lowest BCUT2D eigenvalue weighted by Crippen LogP contribution is -1.88. The van der Waals surface area contributed by atoms with Gasteiger partial charge in [-0.1, -0.05) is 24.3 Å². The van der Waals surface area contributed by atoms with E-state index in [1.807, 2.05) is 12.4 Å². The average molecular weight is 207 g/mol. The van der Waals surface area contributed by atoms with E-state index >= 15 is 0 Å². The minimum atomic E-state index is 1.26. The molecule has 16 heavy (non-hydrogen) atoms. The Hall–Kier alpha value is -1.89. The number of hydrogen-bond donors (Lipinski definition) is 0. The van der Waals surface area contributed by atoms with Crippen molar-refractivity contribution in [2.75, 3.05) is 0 Å². The van der Waals surface area contributed by atoms with Crippen molar-refractivity contribution in [3.8, 4) is 0 Å². The summed E-state index contributed by atoms with van der Waals surface area (Å²) in [6.07, 6.45) is 3.83. The van der Waals surface area contributed by atoms with Crippen LogP contribution in [0, 0.1) is 13.8 Å². The number of nitrogens with zero attached hydrogens (tertiary/aromatic N) is 1. The Balaban J connectivity index is 2.69. The molecule has 0 saturated carbocycles. The summed E-state index contributed by atoms with van der Waals surface area (Å²) >= 11 is 0. The fourth-order valence-corrected chi connectivity index (χ4v) is 2.38. The molecule has 2 aromatic carbocycles. The maximum atomic E-state index is 4.22. The summed E-state index contributed by atoms with van der Waals surface area (Å²) in [6, 6.07) is 10.7. The standard InChI is InChI=1S/C15H13N/c1-10-11(2)15-9-16-8-7-14(15)13-6-4-3-5-12(10)13/h3-9H,1-2H3. The van der Waals surface area contributed by atoms with Crippen molar-refractivity contribution in [1.82, 2.24) is 4.98 Å². The Morgan fingerprint density at radius 2 is 1.38 bits per heavy atom. The van der Waals surface area contributed by atoms with Crippen molar-refractivity contribution < 1.29 is 0 Å². The Kier molecular flexibility index (Phi) is 1.93.